The third kappa shape index (κ3) is 4.00. The number of furan rings is 1. The zero-order valence-electron chi connectivity index (χ0n) is 13.9. The summed E-state index contributed by atoms with van der Waals surface area (Å²) in [6, 6.07) is 3.99. The largest absolute Gasteiger partial charge is 0.466 e. The maximum Gasteiger partial charge on any atom is 0.224 e. The number of hydrogen-bond donors (Lipinski definition) is 0. The van der Waals surface area contributed by atoms with Crippen molar-refractivity contribution in [2.24, 2.45) is 0 Å². The van der Waals surface area contributed by atoms with Gasteiger partial charge in [0.2, 0.25) is 5.91 Å². The minimum absolute atomic E-state index is 0.221. The number of rotatable bonds is 6. The molecule has 2 aromatic heterocycles. The molecule has 0 bridgehead atoms. The van der Waals surface area contributed by atoms with E-state index in [9.17, 15) is 4.79 Å². The van der Waals surface area contributed by atoms with Gasteiger partial charge in [-0.1, -0.05) is 12.1 Å². The van der Waals surface area contributed by atoms with Gasteiger partial charge in [-0.05, 0) is 31.9 Å². The molecule has 1 fully saturated rings. The summed E-state index contributed by atoms with van der Waals surface area (Å²) in [5, 5.41) is 8.34. The number of likely N-dealkylation sites (tertiary alicyclic amines) is 1. The van der Waals surface area contributed by atoms with Crippen LogP contribution in [-0.2, 0) is 17.8 Å². The molecule has 1 atom stereocenters. The topological polar surface area (TPSA) is 64.2 Å². The van der Waals surface area contributed by atoms with Gasteiger partial charge in [0.1, 0.15) is 11.5 Å². The number of carbonyl (C=O) groups is 1. The molecule has 0 N–H and O–H groups in total. The Morgan fingerprint density at radius 2 is 2.13 bits per heavy atom. The third-order valence-corrected chi connectivity index (χ3v) is 4.36. The lowest BCUT2D eigenvalue weighted by molar-refractivity contribution is -0.130. The van der Waals surface area contributed by atoms with Crippen LogP contribution in [0.1, 0.15) is 49.3 Å². The van der Waals surface area contributed by atoms with Crippen molar-refractivity contribution in [2.45, 2.75) is 52.0 Å². The summed E-state index contributed by atoms with van der Waals surface area (Å²) in [4.78, 5) is 14.0. The number of carbonyl (C=O) groups excluding carboxylic acids is 1. The molecule has 0 spiro atoms. The van der Waals surface area contributed by atoms with Gasteiger partial charge in [0, 0.05) is 38.0 Å². The maximum atomic E-state index is 12.0. The standard InChI is InChI=1S/C17H24N4O2/c1-13(16-6-5-14(2)23-16)11-15-12-21(19-18-15)10-7-17(22)20-8-3-4-9-20/h5-6,12-13H,3-4,7-11H2,1-2H3. The van der Waals surface area contributed by atoms with Crippen molar-refractivity contribution in [1.82, 2.24) is 19.9 Å². The van der Waals surface area contributed by atoms with Crippen LogP contribution in [0.3, 0.4) is 0 Å². The van der Waals surface area contributed by atoms with Crippen LogP contribution in [0.4, 0.5) is 0 Å². The van der Waals surface area contributed by atoms with E-state index in [0.717, 1.165) is 49.6 Å². The van der Waals surface area contributed by atoms with E-state index in [2.05, 4.69) is 17.2 Å². The van der Waals surface area contributed by atoms with Gasteiger partial charge >= 0.3 is 0 Å². The number of aryl methyl sites for hydroxylation is 2. The Kier molecular flexibility index (Phi) is 4.79. The Hall–Kier alpha value is -2.11. The first-order valence-corrected chi connectivity index (χ1v) is 8.35. The molecule has 1 saturated heterocycles. The lowest BCUT2D eigenvalue weighted by Gasteiger charge is -2.14. The summed E-state index contributed by atoms with van der Waals surface area (Å²) in [6.45, 7) is 6.47. The first-order chi connectivity index (χ1) is 11.1. The monoisotopic (exact) mass is 316 g/mol. The zero-order chi connectivity index (χ0) is 16.2. The van der Waals surface area contributed by atoms with E-state index in [1.807, 2.05) is 30.2 Å². The predicted molar refractivity (Wildman–Crippen MR) is 86.0 cm³/mol. The fraction of sp³-hybridized carbons (Fsp3) is 0.588. The van der Waals surface area contributed by atoms with Crippen LogP contribution >= 0.6 is 0 Å². The molecule has 3 rings (SSSR count). The number of aromatic nitrogens is 3. The van der Waals surface area contributed by atoms with E-state index >= 15 is 0 Å². The SMILES string of the molecule is Cc1ccc(C(C)Cc2cn(CCC(=O)N3CCCC3)nn2)o1. The molecule has 1 aliphatic heterocycles. The Bertz CT molecular complexity index is 655. The van der Waals surface area contributed by atoms with Crippen molar-refractivity contribution < 1.29 is 9.21 Å². The number of nitrogens with zero attached hydrogens (tertiary/aromatic N) is 4. The number of amides is 1. The molecule has 23 heavy (non-hydrogen) atoms. The molecule has 2 aromatic rings. The van der Waals surface area contributed by atoms with E-state index in [1.54, 1.807) is 4.68 Å². The van der Waals surface area contributed by atoms with Gasteiger partial charge in [-0.2, -0.15) is 0 Å². The molecule has 6 nitrogen and oxygen atoms in total. The molecule has 124 valence electrons. The van der Waals surface area contributed by atoms with Gasteiger partial charge in [-0.3, -0.25) is 9.48 Å². The third-order valence-electron chi connectivity index (χ3n) is 4.36. The van der Waals surface area contributed by atoms with Crippen LogP contribution in [0.15, 0.2) is 22.7 Å². The minimum atomic E-state index is 0.221. The highest BCUT2D eigenvalue weighted by molar-refractivity contribution is 5.76. The van der Waals surface area contributed by atoms with E-state index in [-0.39, 0.29) is 11.8 Å². The van der Waals surface area contributed by atoms with Crippen molar-refractivity contribution in [3.05, 3.63) is 35.5 Å². The highest BCUT2D eigenvalue weighted by Gasteiger charge is 2.18. The summed E-state index contributed by atoms with van der Waals surface area (Å²) in [5.41, 5.74) is 0.931. The second-order valence-electron chi connectivity index (χ2n) is 6.36. The van der Waals surface area contributed by atoms with Gasteiger partial charge in [0.15, 0.2) is 0 Å². The molecule has 0 aliphatic carbocycles. The summed E-state index contributed by atoms with van der Waals surface area (Å²) in [5.74, 6) is 2.39. The molecule has 3 heterocycles. The summed E-state index contributed by atoms with van der Waals surface area (Å²) < 4.78 is 7.42. The van der Waals surface area contributed by atoms with Gasteiger partial charge in [0.05, 0.1) is 12.2 Å². The second kappa shape index (κ2) is 6.98. The average molecular weight is 316 g/mol. The first kappa shape index (κ1) is 15.8. The molecule has 0 aromatic carbocycles. The van der Waals surface area contributed by atoms with Crippen LogP contribution in [0.5, 0.6) is 0 Å². The van der Waals surface area contributed by atoms with Crippen LogP contribution < -0.4 is 0 Å². The van der Waals surface area contributed by atoms with Crippen LogP contribution in [0.25, 0.3) is 0 Å². The molecule has 1 unspecified atom stereocenters. The second-order valence-corrected chi connectivity index (χ2v) is 6.36. The summed E-state index contributed by atoms with van der Waals surface area (Å²) in [7, 11) is 0. The van der Waals surface area contributed by atoms with Crippen molar-refractivity contribution >= 4 is 5.91 Å². The fourth-order valence-corrected chi connectivity index (χ4v) is 3.01. The summed E-state index contributed by atoms with van der Waals surface area (Å²) >= 11 is 0. The summed E-state index contributed by atoms with van der Waals surface area (Å²) in [6.07, 6.45) is 5.47. The Morgan fingerprint density at radius 3 is 2.83 bits per heavy atom. The molecule has 0 radical (unpaired) electrons. The van der Waals surface area contributed by atoms with Gasteiger partial charge < -0.3 is 9.32 Å². The lowest BCUT2D eigenvalue weighted by atomic mass is 10.0. The van der Waals surface area contributed by atoms with Crippen molar-refractivity contribution in [2.75, 3.05) is 13.1 Å². The number of hydrogen-bond acceptors (Lipinski definition) is 4. The van der Waals surface area contributed by atoms with Gasteiger partial charge in [0.25, 0.3) is 0 Å². The van der Waals surface area contributed by atoms with E-state index < -0.39 is 0 Å². The minimum Gasteiger partial charge on any atom is -0.466 e. The van der Waals surface area contributed by atoms with Crippen LogP contribution in [0, 0.1) is 6.92 Å². The highest BCUT2D eigenvalue weighted by atomic mass is 16.3. The highest BCUT2D eigenvalue weighted by Crippen LogP contribution is 2.21. The van der Waals surface area contributed by atoms with Crippen LogP contribution in [-0.4, -0.2) is 38.9 Å². The molecule has 1 amide bonds. The zero-order valence-corrected chi connectivity index (χ0v) is 13.9. The van der Waals surface area contributed by atoms with Crippen LogP contribution in [0.2, 0.25) is 0 Å². The normalized spacial score (nSPS) is 16.0. The molecule has 1 aliphatic rings. The van der Waals surface area contributed by atoms with E-state index in [4.69, 9.17) is 4.42 Å². The Morgan fingerprint density at radius 1 is 1.35 bits per heavy atom. The first-order valence-electron chi connectivity index (χ1n) is 8.35. The van der Waals surface area contributed by atoms with Crippen molar-refractivity contribution in [1.29, 1.82) is 0 Å². The quantitative estimate of drug-likeness (QED) is 0.821. The molecule has 0 saturated carbocycles. The van der Waals surface area contributed by atoms with Crippen molar-refractivity contribution in [3.63, 3.8) is 0 Å². The Labute approximate surface area is 136 Å². The van der Waals surface area contributed by atoms with E-state index in [0.29, 0.717) is 13.0 Å². The van der Waals surface area contributed by atoms with Crippen molar-refractivity contribution in [3.8, 4) is 0 Å². The lowest BCUT2D eigenvalue weighted by Crippen LogP contribution is -2.28. The average Bonchev–Trinajstić information content (AvgIpc) is 3.26. The predicted octanol–water partition coefficient (Wildman–Crippen LogP) is 2.54. The fourth-order valence-electron chi connectivity index (χ4n) is 3.01. The molecule has 6 heteroatoms. The Balaban J connectivity index is 1.50. The maximum absolute atomic E-state index is 12.0. The smallest absolute Gasteiger partial charge is 0.224 e. The van der Waals surface area contributed by atoms with Gasteiger partial charge in [-0.25, -0.2) is 0 Å². The van der Waals surface area contributed by atoms with Gasteiger partial charge in [-0.15, -0.1) is 5.10 Å². The molecular formula is C17H24N4O2. The van der Waals surface area contributed by atoms with E-state index in [1.165, 1.54) is 0 Å². The molecular weight excluding hydrogens is 292 g/mol.